The van der Waals surface area contributed by atoms with E-state index in [9.17, 15) is 29.8 Å². The van der Waals surface area contributed by atoms with Crippen LogP contribution in [0.4, 0.5) is 11.4 Å². The Morgan fingerprint density at radius 3 is 1.24 bits per heavy atom. The van der Waals surface area contributed by atoms with Gasteiger partial charge in [0.1, 0.15) is 0 Å². The highest BCUT2D eigenvalue weighted by Crippen LogP contribution is 2.48. The fraction of sp³-hybridized carbons (Fsp3) is 0.103. The average Bonchev–Trinajstić information content (AvgIpc) is 2.92. The minimum atomic E-state index is -0.461. The fourth-order valence-corrected chi connectivity index (χ4v) is 5.42. The van der Waals surface area contributed by atoms with Gasteiger partial charge in [-0.2, -0.15) is 0 Å². The third-order valence-electron chi connectivity index (χ3n) is 7.32. The molecule has 0 fully saturated rings. The van der Waals surface area contributed by atoms with Gasteiger partial charge in [-0.05, 0) is 76.2 Å². The van der Waals surface area contributed by atoms with E-state index in [0.29, 0.717) is 28.7 Å². The lowest BCUT2D eigenvalue weighted by molar-refractivity contribution is -0.385. The number of carbonyl (C=O) groups is 2. The van der Waals surface area contributed by atoms with Crippen molar-refractivity contribution in [2.75, 3.05) is 0 Å². The molecule has 0 saturated carbocycles. The van der Waals surface area contributed by atoms with Gasteiger partial charge in [-0.3, -0.25) is 29.8 Å². The van der Waals surface area contributed by atoms with Crippen LogP contribution in [0.3, 0.4) is 0 Å². The van der Waals surface area contributed by atoms with Crippen LogP contribution in [0.1, 0.15) is 50.1 Å². The number of hydrogen-bond donors (Lipinski definition) is 0. The number of nitro groups is 2. The number of carbonyl (C=O) groups excluding carboxylic acids is 2. The summed E-state index contributed by atoms with van der Waals surface area (Å²) < 4.78 is 0. The first-order valence-corrected chi connectivity index (χ1v) is 11.7. The minimum absolute atomic E-state index is 0.0115. The monoisotopic (exact) mass is 490 g/mol. The van der Waals surface area contributed by atoms with Crippen molar-refractivity contribution in [3.05, 3.63) is 127 Å². The van der Waals surface area contributed by atoms with Gasteiger partial charge in [0, 0.05) is 47.2 Å². The van der Waals surface area contributed by atoms with Crippen LogP contribution in [0.15, 0.2) is 84.9 Å². The van der Waals surface area contributed by atoms with Gasteiger partial charge in [0.15, 0.2) is 11.6 Å². The Labute approximate surface area is 210 Å². The Balaban J connectivity index is 1.37. The normalized spacial score (nSPS) is 17.6. The van der Waals surface area contributed by atoms with Crippen LogP contribution < -0.4 is 0 Å². The van der Waals surface area contributed by atoms with Gasteiger partial charge >= 0.3 is 0 Å². The van der Waals surface area contributed by atoms with Gasteiger partial charge in [-0.1, -0.05) is 24.3 Å². The smallest absolute Gasteiger partial charge is 0.269 e. The molecule has 37 heavy (non-hydrogen) atoms. The molecule has 0 N–H and O–H groups in total. The molecule has 0 aliphatic heterocycles. The molecule has 8 nitrogen and oxygen atoms in total. The molecule has 0 aromatic heterocycles. The summed E-state index contributed by atoms with van der Waals surface area (Å²) >= 11 is 0. The lowest BCUT2D eigenvalue weighted by atomic mass is 9.65. The molecule has 0 heterocycles. The van der Waals surface area contributed by atoms with Crippen molar-refractivity contribution in [2.24, 2.45) is 0 Å². The van der Waals surface area contributed by atoms with Crippen molar-refractivity contribution in [1.82, 2.24) is 0 Å². The third-order valence-corrected chi connectivity index (χ3v) is 7.32. The molecule has 2 unspecified atom stereocenters. The molecule has 6 rings (SSSR count). The first-order valence-electron chi connectivity index (χ1n) is 11.7. The zero-order valence-corrected chi connectivity index (χ0v) is 19.3. The summed E-state index contributed by atoms with van der Waals surface area (Å²) in [6.07, 6.45) is 0.422. The van der Waals surface area contributed by atoms with E-state index in [-0.39, 0.29) is 22.9 Å². The molecular weight excluding hydrogens is 472 g/mol. The zero-order chi connectivity index (χ0) is 25.8. The molecule has 2 bridgehead atoms. The number of nitro benzene ring substituents is 2. The van der Waals surface area contributed by atoms with Crippen molar-refractivity contribution in [3.8, 4) is 22.3 Å². The minimum Gasteiger partial charge on any atom is -0.293 e. The number of nitrogens with zero attached hydrogens (tertiary/aromatic N) is 2. The van der Waals surface area contributed by atoms with Crippen LogP contribution in [0, 0.1) is 20.2 Å². The summed E-state index contributed by atoms with van der Waals surface area (Å²) in [7, 11) is 0. The first-order chi connectivity index (χ1) is 17.8. The lowest BCUT2D eigenvalue weighted by Gasteiger charge is -2.36. The predicted octanol–water partition coefficient (Wildman–Crippen LogP) is 6.49. The van der Waals surface area contributed by atoms with Gasteiger partial charge < -0.3 is 0 Å². The Morgan fingerprint density at radius 2 is 0.892 bits per heavy atom. The Kier molecular flexibility index (Phi) is 5.05. The second kappa shape index (κ2) is 8.30. The number of non-ortho nitro benzene ring substituents is 2. The molecule has 4 aromatic rings. The van der Waals surface area contributed by atoms with Gasteiger partial charge in [-0.15, -0.1) is 0 Å². The van der Waals surface area contributed by atoms with Crippen molar-refractivity contribution < 1.29 is 19.4 Å². The molecule has 2 aliphatic rings. The van der Waals surface area contributed by atoms with E-state index < -0.39 is 21.7 Å². The maximum absolute atomic E-state index is 13.6. The van der Waals surface area contributed by atoms with E-state index >= 15 is 0 Å². The summed E-state index contributed by atoms with van der Waals surface area (Å²) in [4.78, 5) is 48.2. The molecular formula is C29H18N2O6. The molecule has 2 aliphatic carbocycles. The van der Waals surface area contributed by atoms with E-state index in [0.717, 1.165) is 22.3 Å². The quantitative estimate of drug-likeness (QED) is 0.238. The topological polar surface area (TPSA) is 120 Å². The highest BCUT2D eigenvalue weighted by Gasteiger charge is 2.44. The van der Waals surface area contributed by atoms with Crippen LogP contribution in [0.5, 0.6) is 0 Å². The van der Waals surface area contributed by atoms with E-state index in [2.05, 4.69) is 0 Å². The maximum Gasteiger partial charge on any atom is 0.269 e. The average molecular weight is 490 g/mol. The van der Waals surface area contributed by atoms with Gasteiger partial charge in [-0.25, -0.2) is 0 Å². The Bertz CT molecular complexity index is 1520. The number of benzene rings is 4. The largest absolute Gasteiger partial charge is 0.293 e. The summed E-state index contributed by atoms with van der Waals surface area (Å²) in [5.74, 6) is -0.981. The third kappa shape index (κ3) is 3.61. The van der Waals surface area contributed by atoms with Crippen molar-refractivity contribution >= 4 is 22.9 Å². The summed E-state index contributed by atoms with van der Waals surface area (Å²) in [5.41, 5.74) is 5.39. The van der Waals surface area contributed by atoms with Crippen molar-refractivity contribution in [1.29, 1.82) is 0 Å². The molecule has 0 radical (unpaired) electrons. The molecule has 180 valence electrons. The fourth-order valence-electron chi connectivity index (χ4n) is 5.42. The molecule has 0 amide bonds. The van der Waals surface area contributed by atoms with E-state index in [1.54, 1.807) is 36.4 Å². The highest BCUT2D eigenvalue weighted by molar-refractivity contribution is 6.14. The standard InChI is InChI=1S/C29H18N2O6/c32-28-24-13-18(16-1-7-20(8-2-16)30(34)35)5-11-22(24)26-15-27(28)23-12-6-19(14-25(23)29(26)33)17-3-9-21(10-4-17)31(36)37/h1-14,26-27H,15H2. The van der Waals surface area contributed by atoms with Crippen LogP contribution in [0.25, 0.3) is 22.3 Å². The van der Waals surface area contributed by atoms with Crippen molar-refractivity contribution in [2.45, 2.75) is 18.3 Å². The summed E-state index contributed by atoms with van der Waals surface area (Å²) in [5, 5.41) is 21.9. The molecule has 2 atom stereocenters. The summed E-state index contributed by atoms with van der Waals surface area (Å²) in [6, 6.07) is 23.1. The zero-order valence-electron chi connectivity index (χ0n) is 19.3. The van der Waals surface area contributed by atoms with Gasteiger partial charge in [0.25, 0.3) is 11.4 Å². The number of fused-ring (bicyclic) bond motifs is 6. The second-order valence-corrected chi connectivity index (χ2v) is 9.28. The second-order valence-electron chi connectivity index (χ2n) is 9.28. The first kappa shape index (κ1) is 22.5. The van der Waals surface area contributed by atoms with Crippen LogP contribution in [-0.2, 0) is 0 Å². The van der Waals surface area contributed by atoms with E-state index in [4.69, 9.17) is 0 Å². The number of Topliss-reactive ketones (excluding diaryl/α,β-unsaturated/α-hetero) is 2. The highest BCUT2D eigenvalue weighted by atomic mass is 16.6. The van der Waals surface area contributed by atoms with E-state index in [1.165, 1.54) is 24.3 Å². The predicted molar refractivity (Wildman–Crippen MR) is 136 cm³/mol. The Morgan fingerprint density at radius 1 is 0.541 bits per heavy atom. The maximum atomic E-state index is 13.6. The SMILES string of the molecule is O=C1c2cc(-c3ccc([N+](=O)[O-])cc3)ccc2C2CC1c1ccc(-c3ccc([N+](=O)[O-])cc3)cc1C2=O. The number of rotatable bonds is 4. The lowest BCUT2D eigenvalue weighted by Crippen LogP contribution is -2.34. The van der Waals surface area contributed by atoms with Gasteiger partial charge in [0.2, 0.25) is 0 Å². The number of ketones is 2. The molecule has 0 saturated heterocycles. The van der Waals surface area contributed by atoms with Crippen LogP contribution in [-0.4, -0.2) is 21.4 Å². The molecule has 8 heteroatoms. The van der Waals surface area contributed by atoms with Crippen LogP contribution >= 0.6 is 0 Å². The van der Waals surface area contributed by atoms with Gasteiger partial charge in [0.05, 0.1) is 9.85 Å². The Hall–Kier alpha value is -4.98. The van der Waals surface area contributed by atoms with Crippen molar-refractivity contribution in [3.63, 3.8) is 0 Å². The van der Waals surface area contributed by atoms with Crippen LogP contribution in [0.2, 0.25) is 0 Å². The molecule has 0 spiro atoms. The molecule has 4 aromatic carbocycles. The summed E-state index contributed by atoms with van der Waals surface area (Å²) in [6.45, 7) is 0. The van der Waals surface area contributed by atoms with E-state index in [1.807, 2.05) is 24.3 Å². The number of hydrogen-bond acceptors (Lipinski definition) is 6.